The zero-order valence-electron chi connectivity index (χ0n) is 18.7. The van der Waals surface area contributed by atoms with E-state index >= 15 is 0 Å². The molecule has 0 radical (unpaired) electrons. The quantitative estimate of drug-likeness (QED) is 0.270. The lowest BCUT2D eigenvalue weighted by molar-refractivity contribution is -0.159. The van der Waals surface area contributed by atoms with Crippen molar-refractivity contribution in [3.8, 4) is 0 Å². The zero-order chi connectivity index (χ0) is 23.1. The fourth-order valence-corrected chi connectivity index (χ4v) is 4.45. The average molecular weight is 448 g/mol. The summed E-state index contributed by atoms with van der Waals surface area (Å²) in [6.07, 6.45) is 7.26. The highest BCUT2D eigenvalue weighted by Crippen LogP contribution is 2.31. The van der Waals surface area contributed by atoms with Gasteiger partial charge in [0.1, 0.15) is 17.7 Å². The highest BCUT2D eigenvalue weighted by atomic mass is 16.5. The number of hydrogen-bond acceptors (Lipinski definition) is 8. The predicted octanol–water partition coefficient (Wildman–Crippen LogP) is 0.626. The Labute approximate surface area is 188 Å². The first-order valence-electron chi connectivity index (χ1n) is 11.1. The van der Waals surface area contributed by atoms with Crippen molar-refractivity contribution in [1.29, 1.82) is 0 Å². The first-order chi connectivity index (χ1) is 15.4. The van der Waals surface area contributed by atoms with Gasteiger partial charge in [-0.25, -0.2) is 20.5 Å². The van der Waals surface area contributed by atoms with Gasteiger partial charge in [0.2, 0.25) is 18.2 Å². The molecule has 2 heterocycles. The molecule has 2 fully saturated rings. The Balaban J connectivity index is 1.68. The van der Waals surface area contributed by atoms with Crippen LogP contribution in [0.15, 0.2) is 12.3 Å². The molecule has 11 heteroatoms. The molecule has 0 aromatic carbocycles. The maximum absolute atomic E-state index is 13.3. The standard InChI is InChI=1S/C21H33N7O4/c1-26(2)13-19-22-9-8-18(24-19)25-20(30)17-7-10-23-28(17)21(31)16(12-27(32)14-29)11-15-5-3-4-6-15/h8-9,14-17,23,32H,3-7,10-13H2,1-2H3,(H,22,24,25,30)/t16?,17-/m0/s1. The molecule has 0 bridgehead atoms. The van der Waals surface area contributed by atoms with Gasteiger partial charge in [0, 0.05) is 12.7 Å². The van der Waals surface area contributed by atoms with Crippen LogP contribution in [0.1, 0.15) is 44.3 Å². The zero-order valence-corrected chi connectivity index (χ0v) is 18.7. The molecule has 1 unspecified atom stereocenters. The van der Waals surface area contributed by atoms with Gasteiger partial charge in [0.05, 0.1) is 19.0 Å². The maximum atomic E-state index is 13.3. The van der Waals surface area contributed by atoms with Crippen LogP contribution >= 0.6 is 0 Å². The molecule has 2 atom stereocenters. The first-order valence-corrected chi connectivity index (χ1v) is 11.1. The second-order valence-electron chi connectivity index (χ2n) is 8.82. The number of nitrogens with zero attached hydrogens (tertiary/aromatic N) is 5. The molecule has 3 rings (SSSR count). The Morgan fingerprint density at radius 1 is 1.34 bits per heavy atom. The van der Waals surface area contributed by atoms with Crippen LogP contribution in [0.25, 0.3) is 0 Å². The van der Waals surface area contributed by atoms with E-state index in [1.54, 1.807) is 12.3 Å². The van der Waals surface area contributed by atoms with E-state index in [1.807, 2.05) is 19.0 Å². The maximum Gasteiger partial charge on any atom is 0.250 e. The van der Waals surface area contributed by atoms with Crippen molar-refractivity contribution < 1.29 is 19.6 Å². The number of anilines is 1. The van der Waals surface area contributed by atoms with Gasteiger partial charge in [-0.15, -0.1) is 0 Å². The number of hydrogen-bond donors (Lipinski definition) is 3. The fraction of sp³-hybridized carbons (Fsp3) is 0.667. The van der Waals surface area contributed by atoms with Crippen LogP contribution in [0.3, 0.4) is 0 Å². The molecule has 1 saturated carbocycles. The fourth-order valence-electron chi connectivity index (χ4n) is 4.45. The third-order valence-electron chi connectivity index (χ3n) is 5.94. The molecular weight excluding hydrogens is 414 g/mol. The highest BCUT2D eigenvalue weighted by molar-refractivity contribution is 5.97. The summed E-state index contributed by atoms with van der Waals surface area (Å²) in [5, 5.41) is 14.4. The monoisotopic (exact) mass is 447 g/mol. The molecule has 1 aliphatic heterocycles. The molecule has 3 amide bonds. The molecule has 1 aliphatic carbocycles. The number of rotatable bonds is 10. The van der Waals surface area contributed by atoms with Gasteiger partial charge in [-0.2, -0.15) is 0 Å². The van der Waals surface area contributed by atoms with Gasteiger partial charge in [0.15, 0.2) is 0 Å². The number of carbonyl (C=O) groups is 3. The van der Waals surface area contributed by atoms with Crippen LogP contribution in [0, 0.1) is 11.8 Å². The lowest BCUT2D eigenvalue weighted by atomic mass is 9.92. The second kappa shape index (κ2) is 11.3. The third kappa shape index (κ3) is 6.44. The van der Waals surface area contributed by atoms with Crippen molar-refractivity contribution in [2.24, 2.45) is 11.8 Å². The molecule has 3 N–H and O–H groups in total. The summed E-state index contributed by atoms with van der Waals surface area (Å²) >= 11 is 0. The lowest BCUT2D eigenvalue weighted by Crippen LogP contribution is -2.51. The summed E-state index contributed by atoms with van der Waals surface area (Å²) in [4.78, 5) is 47.7. The van der Waals surface area contributed by atoms with Crippen molar-refractivity contribution in [3.05, 3.63) is 18.1 Å². The summed E-state index contributed by atoms with van der Waals surface area (Å²) < 4.78 is 0. The van der Waals surface area contributed by atoms with E-state index in [0.29, 0.717) is 55.0 Å². The van der Waals surface area contributed by atoms with E-state index in [0.717, 1.165) is 25.7 Å². The Morgan fingerprint density at radius 3 is 2.78 bits per heavy atom. The van der Waals surface area contributed by atoms with E-state index in [4.69, 9.17) is 0 Å². The molecule has 0 spiro atoms. The van der Waals surface area contributed by atoms with Crippen LogP contribution in [0.4, 0.5) is 5.82 Å². The van der Waals surface area contributed by atoms with E-state index in [9.17, 15) is 19.6 Å². The van der Waals surface area contributed by atoms with Crippen LogP contribution in [-0.2, 0) is 20.9 Å². The first kappa shape index (κ1) is 24.0. The molecule has 1 aromatic heterocycles. The largest absolute Gasteiger partial charge is 0.309 e. The number of amides is 3. The molecule has 176 valence electrons. The number of hydrazine groups is 1. The van der Waals surface area contributed by atoms with Crippen LogP contribution in [0.5, 0.6) is 0 Å². The third-order valence-corrected chi connectivity index (χ3v) is 5.94. The van der Waals surface area contributed by atoms with Crippen molar-refractivity contribution in [2.75, 3.05) is 32.5 Å². The van der Waals surface area contributed by atoms with Gasteiger partial charge >= 0.3 is 0 Å². The van der Waals surface area contributed by atoms with Gasteiger partial charge in [-0.1, -0.05) is 25.7 Å². The van der Waals surface area contributed by atoms with Gasteiger partial charge in [-0.05, 0) is 38.9 Å². The Hall–Kier alpha value is -2.63. The summed E-state index contributed by atoms with van der Waals surface area (Å²) in [6, 6.07) is 0.909. The van der Waals surface area contributed by atoms with Crippen molar-refractivity contribution in [2.45, 2.75) is 51.1 Å². The van der Waals surface area contributed by atoms with Crippen molar-refractivity contribution >= 4 is 24.0 Å². The van der Waals surface area contributed by atoms with E-state index in [2.05, 4.69) is 20.7 Å². The minimum absolute atomic E-state index is 0.0921. The Kier molecular flexibility index (Phi) is 8.48. The van der Waals surface area contributed by atoms with Crippen LogP contribution in [0.2, 0.25) is 0 Å². The van der Waals surface area contributed by atoms with Gasteiger partial charge < -0.3 is 10.2 Å². The van der Waals surface area contributed by atoms with Crippen LogP contribution in [-0.4, -0.2) is 81.6 Å². The predicted molar refractivity (Wildman–Crippen MR) is 116 cm³/mol. The van der Waals surface area contributed by atoms with E-state index in [-0.39, 0.29) is 18.4 Å². The van der Waals surface area contributed by atoms with Crippen molar-refractivity contribution in [1.82, 2.24) is 30.4 Å². The Bertz CT molecular complexity index is 800. The van der Waals surface area contributed by atoms with Gasteiger partial charge in [-0.3, -0.25) is 24.6 Å². The minimum Gasteiger partial charge on any atom is -0.309 e. The number of nitrogens with one attached hydrogen (secondary N) is 2. The molecular formula is C21H33N7O4. The lowest BCUT2D eigenvalue weighted by Gasteiger charge is -2.29. The van der Waals surface area contributed by atoms with E-state index in [1.165, 1.54) is 5.01 Å². The number of aromatic nitrogens is 2. The summed E-state index contributed by atoms with van der Waals surface area (Å²) in [5.74, 6) is 0.139. The SMILES string of the molecule is CN(C)Cc1nccc(NC(=O)[C@@H]2CCNN2C(=O)C(CC2CCCC2)CN(O)C=O)n1. The molecule has 1 saturated heterocycles. The minimum atomic E-state index is -0.704. The summed E-state index contributed by atoms with van der Waals surface area (Å²) in [5.41, 5.74) is 3.00. The molecule has 32 heavy (non-hydrogen) atoms. The molecule has 11 nitrogen and oxygen atoms in total. The summed E-state index contributed by atoms with van der Waals surface area (Å²) in [6.45, 7) is 0.924. The normalized spacial score (nSPS) is 19.9. The van der Waals surface area contributed by atoms with Crippen LogP contribution < -0.4 is 10.7 Å². The number of hydroxylamine groups is 2. The Morgan fingerprint density at radius 2 is 2.09 bits per heavy atom. The van der Waals surface area contributed by atoms with Gasteiger partial charge in [0.25, 0.3) is 0 Å². The van der Waals surface area contributed by atoms with Crippen molar-refractivity contribution in [3.63, 3.8) is 0 Å². The average Bonchev–Trinajstić information content (AvgIpc) is 3.44. The van der Waals surface area contributed by atoms with E-state index < -0.39 is 12.0 Å². The topological polar surface area (TPSA) is 131 Å². The summed E-state index contributed by atoms with van der Waals surface area (Å²) in [7, 11) is 3.81. The molecule has 1 aromatic rings. The second-order valence-corrected chi connectivity index (χ2v) is 8.82. The highest BCUT2D eigenvalue weighted by Gasteiger charge is 2.39. The molecule has 2 aliphatic rings. The smallest absolute Gasteiger partial charge is 0.250 e. The number of carbonyl (C=O) groups excluding carboxylic acids is 3.